The summed E-state index contributed by atoms with van der Waals surface area (Å²) < 4.78 is 32.3. The average Bonchev–Trinajstić information content (AvgIpc) is 2.71. The van der Waals surface area contributed by atoms with E-state index in [1.54, 1.807) is 18.9 Å². The zero-order valence-corrected chi connectivity index (χ0v) is 18.8. The van der Waals surface area contributed by atoms with Gasteiger partial charge in [0.05, 0.1) is 25.2 Å². The number of benzene rings is 2. The molecule has 2 rings (SSSR count). The van der Waals surface area contributed by atoms with Crippen molar-refractivity contribution in [2.75, 3.05) is 26.5 Å². The molecule has 0 heterocycles. The highest BCUT2D eigenvalue weighted by molar-refractivity contribution is 7.98. The molecule has 5 nitrogen and oxygen atoms in total. The van der Waals surface area contributed by atoms with E-state index < -0.39 is 23.8 Å². The van der Waals surface area contributed by atoms with Crippen LogP contribution in [0.15, 0.2) is 47.4 Å². The fraction of sp³-hybridized carbons (Fsp3) is 0.435. The van der Waals surface area contributed by atoms with Crippen molar-refractivity contribution in [3.05, 3.63) is 65.2 Å². The molecule has 170 valence electrons. The summed E-state index contributed by atoms with van der Waals surface area (Å²) in [4.78, 5) is 13.7. The third-order valence-electron chi connectivity index (χ3n) is 4.80. The van der Waals surface area contributed by atoms with E-state index in [9.17, 15) is 18.7 Å². The van der Waals surface area contributed by atoms with E-state index in [0.29, 0.717) is 12.2 Å². The third-order valence-corrected chi connectivity index (χ3v) is 5.55. The van der Waals surface area contributed by atoms with E-state index >= 15 is 0 Å². The molecule has 0 saturated heterocycles. The quantitative estimate of drug-likeness (QED) is 0.432. The van der Waals surface area contributed by atoms with E-state index in [0.717, 1.165) is 16.5 Å². The average molecular weight is 453 g/mol. The fourth-order valence-corrected chi connectivity index (χ4v) is 3.63. The number of nitrogens with one attached hydrogen (secondary N) is 2. The van der Waals surface area contributed by atoms with Gasteiger partial charge in [0.1, 0.15) is 11.6 Å². The van der Waals surface area contributed by atoms with Crippen LogP contribution in [0.4, 0.5) is 8.78 Å². The minimum absolute atomic E-state index is 0.00225. The van der Waals surface area contributed by atoms with Crippen LogP contribution >= 0.6 is 11.8 Å². The molecule has 0 radical (unpaired) electrons. The lowest BCUT2D eigenvalue weighted by molar-refractivity contribution is -0.122. The minimum Gasteiger partial charge on any atom is -0.390 e. The maximum Gasteiger partial charge on any atom is 0.224 e. The molecule has 0 saturated carbocycles. The van der Waals surface area contributed by atoms with Gasteiger partial charge >= 0.3 is 0 Å². The predicted octanol–water partition coefficient (Wildman–Crippen LogP) is 2.94. The van der Waals surface area contributed by atoms with Crippen LogP contribution in [0.1, 0.15) is 18.1 Å². The van der Waals surface area contributed by atoms with E-state index in [2.05, 4.69) is 10.6 Å². The van der Waals surface area contributed by atoms with Crippen molar-refractivity contribution in [1.82, 2.24) is 10.6 Å². The van der Waals surface area contributed by atoms with Crippen LogP contribution in [-0.4, -0.2) is 55.7 Å². The van der Waals surface area contributed by atoms with Crippen molar-refractivity contribution in [2.45, 2.75) is 42.8 Å². The van der Waals surface area contributed by atoms with Gasteiger partial charge in [-0.25, -0.2) is 8.78 Å². The number of rotatable bonds is 12. The van der Waals surface area contributed by atoms with E-state index in [4.69, 9.17) is 4.74 Å². The number of carbonyl (C=O) groups is 1. The van der Waals surface area contributed by atoms with Gasteiger partial charge in [0.25, 0.3) is 0 Å². The Kier molecular flexibility index (Phi) is 10.4. The molecular weight excluding hydrogens is 422 g/mol. The Morgan fingerprint density at radius 2 is 1.77 bits per heavy atom. The summed E-state index contributed by atoms with van der Waals surface area (Å²) in [6.07, 6.45) is 1.24. The van der Waals surface area contributed by atoms with Crippen molar-refractivity contribution < 1.29 is 23.4 Å². The van der Waals surface area contributed by atoms with Crippen LogP contribution in [0.2, 0.25) is 0 Å². The second kappa shape index (κ2) is 12.8. The molecule has 3 atom stereocenters. The standard InChI is InChI=1S/C23H30F2N2O3S/c1-15(14-30-2)26-13-22(28)21(10-17-8-18(24)12-19(25)9-17)27-23(29)11-16-4-6-20(31-3)7-5-16/h4-9,12,15,21-22,26,28H,10-11,13-14H2,1-3H3,(H,27,29). The van der Waals surface area contributed by atoms with Crippen molar-refractivity contribution in [3.8, 4) is 0 Å². The number of amides is 1. The maximum atomic E-state index is 13.6. The monoisotopic (exact) mass is 452 g/mol. The van der Waals surface area contributed by atoms with Gasteiger partial charge < -0.3 is 20.5 Å². The first-order valence-electron chi connectivity index (χ1n) is 10.1. The van der Waals surface area contributed by atoms with Crippen molar-refractivity contribution >= 4 is 17.7 Å². The topological polar surface area (TPSA) is 70.6 Å². The van der Waals surface area contributed by atoms with Crippen molar-refractivity contribution in [1.29, 1.82) is 0 Å². The molecule has 0 aliphatic heterocycles. The van der Waals surface area contributed by atoms with Gasteiger partial charge in [-0.1, -0.05) is 12.1 Å². The number of halogens is 2. The lowest BCUT2D eigenvalue weighted by Crippen LogP contribution is -2.50. The molecule has 0 aliphatic rings. The zero-order valence-electron chi connectivity index (χ0n) is 18.0. The number of hydrogen-bond acceptors (Lipinski definition) is 5. The molecule has 1 amide bonds. The van der Waals surface area contributed by atoms with Gasteiger partial charge in [-0.05, 0) is 55.0 Å². The van der Waals surface area contributed by atoms with Crippen LogP contribution in [0, 0.1) is 11.6 Å². The number of carbonyl (C=O) groups excluding carboxylic acids is 1. The molecule has 0 spiro atoms. The summed E-state index contributed by atoms with van der Waals surface area (Å²) >= 11 is 1.61. The normalized spacial score (nSPS) is 14.1. The van der Waals surface area contributed by atoms with Crippen molar-refractivity contribution in [2.24, 2.45) is 0 Å². The lowest BCUT2D eigenvalue weighted by atomic mass is 10.00. The molecule has 2 aromatic carbocycles. The zero-order chi connectivity index (χ0) is 22.8. The molecule has 8 heteroatoms. The maximum absolute atomic E-state index is 13.6. The number of methoxy groups -OCH3 is 1. The van der Waals surface area contributed by atoms with Crippen LogP contribution in [-0.2, 0) is 22.4 Å². The first-order chi connectivity index (χ1) is 14.8. The molecular formula is C23H30F2N2O3S. The van der Waals surface area contributed by atoms with Gasteiger partial charge in [0.15, 0.2) is 0 Å². The summed E-state index contributed by atoms with van der Waals surface area (Å²) in [5.41, 5.74) is 1.20. The van der Waals surface area contributed by atoms with Gasteiger partial charge in [0.2, 0.25) is 5.91 Å². The highest BCUT2D eigenvalue weighted by atomic mass is 32.2. The van der Waals surface area contributed by atoms with Gasteiger partial charge in [-0.15, -0.1) is 11.8 Å². The van der Waals surface area contributed by atoms with Gasteiger partial charge in [-0.2, -0.15) is 0 Å². The molecule has 31 heavy (non-hydrogen) atoms. The molecule has 2 aromatic rings. The molecule has 0 bridgehead atoms. The minimum atomic E-state index is -0.964. The molecule has 3 unspecified atom stereocenters. The summed E-state index contributed by atoms with van der Waals surface area (Å²) in [7, 11) is 1.59. The van der Waals surface area contributed by atoms with Crippen LogP contribution in [0.3, 0.4) is 0 Å². The van der Waals surface area contributed by atoms with E-state index in [-0.39, 0.29) is 31.3 Å². The SMILES string of the molecule is COCC(C)NCC(O)C(Cc1cc(F)cc(F)c1)NC(=O)Cc1ccc(SC)cc1. The second-order valence-corrected chi connectivity index (χ2v) is 8.39. The highest BCUT2D eigenvalue weighted by Crippen LogP contribution is 2.16. The Morgan fingerprint density at radius 3 is 2.35 bits per heavy atom. The largest absolute Gasteiger partial charge is 0.390 e. The first-order valence-corrected chi connectivity index (χ1v) is 11.3. The Hall–Kier alpha value is -2.00. The smallest absolute Gasteiger partial charge is 0.224 e. The number of ether oxygens (including phenoxy) is 1. The predicted molar refractivity (Wildman–Crippen MR) is 119 cm³/mol. The van der Waals surface area contributed by atoms with Gasteiger partial charge in [0, 0.05) is 30.7 Å². The number of aliphatic hydroxyl groups excluding tert-OH is 1. The second-order valence-electron chi connectivity index (χ2n) is 7.51. The molecule has 0 fully saturated rings. The van der Waals surface area contributed by atoms with E-state index in [1.165, 1.54) is 12.1 Å². The Balaban J connectivity index is 2.08. The summed E-state index contributed by atoms with van der Waals surface area (Å²) in [6, 6.07) is 10.1. The molecule has 3 N–H and O–H groups in total. The van der Waals surface area contributed by atoms with Crippen LogP contribution in [0.5, 0.6) is 0 Å². The van der Waals surface area contributed by atoms with Gasteiger partial charge in [-0.3, -0.25) is 4.79 Å². The summed E-state index contributed by atoms with van der Waals surface area (Å²) in [5.74, 6) is -1.67. The third kappa shape index (κ3) is 8.95. The number of aliphatic hydroxyl groups is 1. The summed E-state index contributed by atoms with van der Waals surface area (Å²) in [5, 5.41) is 16.7. The highest BCUT2D eigenvalue weighted by Gasteiger charge is 2.23. The number of hydrogen-bond donors (Lipinski definition) is 3. The summed E-state index contributed by atoms with van der Waals surface area (Å²) in [6.45, 7) is 2.56. The Bertz CT molecular complexity index is 816. The fourth-order valence-electron chi connectivity index (χ4n) is 3.23. The number of thioether (sulfide) groups is 1. The van der Waals surface area contributed by atoms with Crippen molar-refractivity contribution in [3.63, 3.8) is 0 Å². The van der Waals surface area contributed by atoms with E-state index in [1.807, 2.05) is 37.4 Å². The Morgan fingerprint density at radius 1 is 1.13 bits per heavy atom. The first kappa shape index (κ1) is 25.3. The lowest BCUT2D eigenvalue weighted by Gasteiger charge is -2.26. The molecule has 0 aromatic heterocycles. The Labute approximate surface area is 186 Å². The van der Waals surface area contributed by atoms with Crippen LogP contribution < -0.4 is 10.6 Å². The molecule has 0 aliphatic carbocycles. The van der Waals surface area contributed by atoms with Crippen LogP contribution in [0.25, 0.3) is 0 Å².